The Kier molecular flexibility index (Phi) is 6.65. The van der Waals surface area contributed by atoms with E-state index in [4.69, 9.17) is 27.2 Å². The molecule has 2 aliphatic heterocycles. The molecular weight excluding hydrogens is 520 g/mol. The number of halogens is 1. The predicted molar refractivity (Wildman–Crippen MR) is 145 cm³/mol. The maximum absolute atomic E-state index is 12.7. The first kappa shape index (κ1) is 26.6. The summed E-state index contributed by atoms with van der Waals surface area (Å²) in [7, 11) is 0. The molecule has 2 bridgehead atoms. The summed E-state index contributed by atoms with van der Waals surface area (Å²) in [6, 6.07) is 10.8. The van der Waals surface area contributed by atoms with Gasteiger partial charge in [0.05, 0.1) is 17.4 Å². The molecular formula is C30H35ClN2O6. The number of ketones is 1. The van der Waals surface area contributed by atoms with Crippen molar-refractivity contribution in [2.24, 2.45) is 11.7 Å². The van der Waals surface area contributed by atoms with Crippen molar-refractivity contribution in [3.63, 3.8) is 0 Å². The van der Waals surface area contributed by atoms with Gasteiger partial charge in [-0.3, -0.25) is 14.5 Å². The lowest BCUT2D eigenvalue weighted by atomic mass is 9.49. The van der Waals surface area contributed by atoms with Gasteiger partial charge in [0.2, 0.25) is 0 Å². The number of rotatable bonds is 6. The number of ether oxygens (including phenoxy) is 1. The number of aromatic hydroxyl groups is 1. The lowest BCUT2D eigenvalue weighted by molar-refractivity contribution is -0.188. The predicted octanol–water partition coefficient (Wildman–Crippen LogP) is 3.38. The van der Waals surface area contributed by atoms with Crippen LogP contribution in [-0.2, 0) is 21.4 Å². The summed E-state index contributed by atoms with van der Waals surface area (Å²) in [5.41, 5.74) is 6.86. The van der Waals surface area contributed by atoms with Gasteiger partial charge in [-0.15, -0.1) is 0 Å². The number of nitrogens with zero attached hydrogens (tertiary/aromatic N) is 1. The molecule has 7 rings (SSSR count). The van der Waals surface area contributed by atoms with Gasteiger partial charge in [0.25, 0.3) is 0 Å². The molecule has 1 unspecified atom stereocenters. The lowest BCUT2D eigenvalue weighted by Crippen LogP contribution is -2.76. The zero-order valence-electron chi connectivity index (χ0n) is 21.8. The summed E-state index contributed by atoms with van der Waals surface area (Å²) in [6.45, 7) is 2.28. The molecule has 1 saturated heterocycles. The Morgan fingerprint density at radius 1 is 1.18 bits per heavy atom. The molecule has 9 heteroatoms. The number of likely N-dealkylation sites (tertiary alicyclic amines) is 1. The molecule has 208 valence electrons. The number of carbonyl (C=O) groups is 2. The zero-order chi connectivity index (χ0) is 27.5. The van der Waals surface area contributed by atoms with Crippen LogP contribution >= 0.6 is 11.6 Å². The number of phenolic OH excluding ortho intramolecular Hbond substituents is 1. The minimum Gasteiger partial charge on any atom is -0.504 e. The van der Waals surface area contributed by atoms with Crippen molar-refractivity contribution < 1.29 is 29.6 Å². The normalized spacial score (nSPS) is 31.0. The number of carboxylic acid groups (broad SMARTS) is 1. The smallest absolute Gasteiger partial charge is 0.304 e. The fourth-order valence-corrected chi connectivity index (χ4v) is 7.67. The number of hydrogen-bond donors (Lipinski definition) is 4. The molecule has 3 fully saturated rings. The number of aliphatic hydroxyl groups is 1. The Balaban J connectivity index is 0.000000170. The fourth-order valence-electron chi connectivity index (χ4n) is 7.55. The van der Waals surface area contributed by atoms with Gasteiger partial charge in [0.1, 0.15) is 0 Å². The monoisotopic (exact) mass is 554 g/mol. The fraction of sp³-hybridized carbons (Fsp3) is 0.533. The van der Waals surface area contributed by atoms with Crippen molar-refractivity contribution in [1.82, 2.24) is 4.90 Å². The van der Waals surface area contributed by atoms with E-state index in [2.05, 4.69) is 4.90 Å². The van der Waals surface area contributed by atoms with E-state index < -0.39 is 23.1 Å². The zero-order valence-corrected chi connectivity index (χ0v) is 22.6. The Hall–Kier alpha value is -2.65. The molecule has 8 nitrogen and oxygen atoms in total. The van der Waals surface area contributed by atoms with Gasteiger partial charge < -0.3 is 25.8 Å². The summed E-state index contributed by atoms with van der Waals surface area (Å²) >= 11 is 5.72. The average Bonchev–Trinajstić information content (AvgIpc) is 3.65. The van der Waals surface area contributed by atoms with E-state index in [0.29, 0.717) is 30.2 Å². The molecule has 5 N–H and O–H groups in total. The van der Waals surface area contributed by atoms with Crippen LogP contribution in [0.5, 0.6) is 11.5 Å². The molecule has 0 radical (unpaired) electrons. The molecule has 1 spiro atoms. The maximum Gasteiger partial charge on any atom is 0.304 e. The molecule has 0 amide bonds. The van der Waals surface area contributed by atoms with Crippen LogP contribution in [0, 0.1) is 5.92 Å². The summed E-state index contributed by atoms with van der Waals surface area (Å²) in [5, 5.41) is 31.6. The third kappa shape index (κ3) is 4.24. The van der Waals surface area contributed by atoms with Crippen molar-refractivity contribution in [1.29, 1.82) is 0 Å². The van der Waals surface area contributed by atoms with E-state index in [9.17, 15) is 19.8 Å². The van der Waals surface area contributed by atoms with E-state index in [1.165, 1.54) is 12.8 Å². The molecule has 2 saturated carbocycles. The molecule has 39 heavy (non-hydrogen) atoms. The highest BCUT2D eigenvalue weighted by Gasteiger charge is 2.73. The second kappa shape index (κ2) is 9.77. The molecule has 5 atom stereocenters. The van der Waals surface area contributed by atoms with Crippen molar-refractivity contribution >= 4 is 23.4 Å². The SMILES string of the molecule is NCC(CC(=O)O)c1ccc(Cl)cc1.O=C1CC[C@@]2(O)[C@H]3Cc4ccc(O)c5c4[C@@]2(CCN3CC2CC2)[C@H]1O5. The standard InChI is InChI=1S/C20H23NO4.C10H12ClNO2/c22-13-4-3-12-9-15-20(24)6-5-14(23)18-19(20,16(12)17(13)25-18)7-8-21(15)10-11-1-2-11;11-9-3-1-7(2-4-9)8(6-12)5-10(13)14/h3-4,11,15,18,22,24H,1-2,5-10H2;1-4,8H,5-6,12H2,(H,13,14)/t15-,18+,19+,20-;/m1./s1. The Bertz CT molecular complexity index is 1300. The second-order valence-corrected chi connectivity index (χ2v) is 12.2. The second-order valence-electron chi connectivity index (χ2n) is 11.8. The average molecular weight is 555 g/mol. The van der Waals surface area contributed by atoms with Gasteiger partial charge in [-0.2, -0.15) is 0 Å². The van der Waals surface area contributed by atoms with Crippen LogP contribution in [0.1, 0.15) is 61.1 Å². The molecule has 5 aliphatic rings. The van der Waals surface area contributed by atoms with Crippen molar-refractivity contribution in [3.05, 3.63) is 58.1 Å². The Labute approximate surface area is 232 Å². The van der Waals surface area contributed by atoms with E-state index in [1.807, 2.05) is 18.2 Å². The highest BCUT2D eigenvalue weighted by atomic mass is 35.5. The van der Waals surface area contributed by atoms with Crippen LogP contribution in [-0.4, -0.2) is 69.4 Å². The molecule has 2 aromatic rings. The first-order chi connectivity index (χ1) is 18.7. The van der Waals surface area contributed by atoms with Crippen LogP contribution in [0.4, 0.5) is 0 Å². The minimum absolute atomic E-state index is 0.0454. The number of phenols is 1. The number of hydrogen-bond acceptors (Lipinski definition) is 7. The van der Waals surface area contributed by atoms with E-state index >= 15 is 0 Å². The number of benzene rings is 2. The third-order valence-corrected chi connectivity index (χ3v) is 9.86. The number of carbonyl (C=O) groups excluding carboxylic acids is 1. The highest BCUT2D eigenvalue weighted by molar-refractivity contribution is 6.30. The van der Waals surface area contributed by atoms with Gasteiger partial charge in [0, 0.05) is 35.5 Å². The Morgan fingerprint density at radius 2 is 1.92 bits per heavy atom. The lowest BCUT2D eigenvalue weighted by Gasteiger charge is -2.62. The summed E-state index contributed by atoms with van der Waals surface area (Å²) < 4.78 is 6.04. The Morgan fingerprint density at radius 3 is 2.59 bits per heavy atom. The van der Waals surface area contributed by atoms with Crippen molar-refractivity contribution in [2.45, 2.75) is 74.0 Å². The van der Waals surface area contributed by atoms with Crippen LogP contribution < -0.4 is 10.5 Å². The van der Waals surface area contributed by atoms with Gasteiger partial charge >= 0.3 is 5.97 Å². The number of carboxylic acids is 1. The maximum atomic E-state index is 12.7. The van der Waals surface area contributed by atoms with Gasteiger partial charge in [-0.05, 0) is 80.4 Å². The minimum atomic E-state index is -0.940. The number of aliphatic carboxylic acids is 1. The summed E-state index contributed by atoms with van der Waals surface area (Å²) in [4.78, 5) is 25.7. The number of Topliss-reactive ketones (excluding diaryl/α,β-unsaturated/α-hetero) is 1. The van der Waals surface area contributed by atoms with E-state index in [1.54, 1.807) is 18.2 Å². The van der Waals surface area contributed by atoms with Crippen molar-refractivity contribution in [2.75, 3.05) is 19.6 Å². The molecule has 0 aromatic heterocycles. The topological polar surface area (TPSA) is 133 Å². The number of nitrogens with two attached hydrogens (primary N) is 1. The molecule has 2 aromatic carbocycles. The van der Waals surface area contributed by atoms with Crippen LogP contribution in [0.25, 0.3) is 0 Å². The molecule has 2 heterocycles. The summed E-state index contributed by atoms with van der Waals surface area (Å²) in [5.74, 6) is 0.416. The van der Waals surface area contributed by atoms with Crippen LogP contribution in [0.3, 0.4) is 0 Å². The van der Waals surface area contributed by atoms with Gasteiger partial charge in [-0.25, -0.2) is 0 Å². The number of piperidine rings is 1. The third-order valence-electron chi connectivity index (χ3n) is 9.61. The highest BCUT2D eigenvalue weighted by Crippen LogP contribution is 2.64. The first-order valence-corrected chi connectivity index (χ1v) is 14.2. The van der Waals surface area contributed by atoms with Gasteiger partial charge in [-0.1, -0.05) is 29.8 Å². The first-order valence-electron chi connectivity index (χ1n) is 13.9. The van der Waals surface area contributed by atoms with Gasteiger partial charge in [0.15, 0.2) is 23.4 Å². The summed E-state index contributed by atoms with van der Waals surface area (Å²) in [6.07, 6.45) is 4.38. The van der Waals surface area contributed by atoms with Crippen molar-refractivity contribution in [3.8, 4) is 11.5 Å². The molecule has 3 aliphatic carbocycles. The quantitative estimate of drug-likeness (QED) is 0.427. The largest absolute Gasteiger partial charge is 0.504 e. The van der Waals surface area contributed by atoms with E-state index in [0.717, 1.165) is 48.5 Å². The van der Waals surface area contributed by atoms with E-state index in [-0.39, 0.29) is 29.9 Å². The van der Waals surface area contributed by atoms with Crippen LogP contribution in [0.15, 0.2) is 36.4 Å². The van der Waals surface area contributed by atoms with Crippen LogP contribution in [0.2, 0.25) is 5.02 Å².